The number of methoxy groups -OCH3 is 1. The number of hydrogen-bond acceptors (Lipinski definition) is 6. The van der Waals surface area contributed by atoms with Gasteiger partial charge >= 0.3 is 0 Å². The lowest BCUT2D eigenvalue weighted by Gasteiger charge is -2.30. The number of aromatic nitrogens is 3. The van der Waals surface area contributed by atoms with Crippen molar-refractivity contribution in [3.8, 4) is 0 Å². The van der Waals surface area contributed by atoms with Crippen molar-refractivity contribution < 1.29 is 9.26 Å². The minimum absolute atomic E-state index is 0.0182. The Bertz CT molecular complexity index is 1080. The van der Waals surface area contributed by atoms with Crippen LogP contribution in [0.3, 0.4) is 0 Å². The molecule has 5 rings (SSSR count). The second-order valence-corrected chi connectivity index (χ2v) is 7.49. The van der Waals surface area contributed by atoms with Crippen LogP contribution in [0.4, 0.5) is 0 Å². The van der Waals surface area contributed by atoms with Crippen LogP contribution in [0.2, 0.25) is 0 Å². The van der Waals surface area contributed by atoms with Crippen LogP contribution >= 0.6 is 0 Å². The van der Waals surface area contributed by atoms with E-state index < -0.39 is 0 Å². The number of fused-ring (bicyclic) bond motifs is 3. The van der Waals surface area contributed by atoms with E-state index in [1.54, 1.807) is 7.11 Å². The predicted octanol–water partition coefficient (Wildman–Crippen LogP) is 3.04. The van der Waals surface area contributed by atoms with Crippen LogP contribution in [-0.2, 0) is 11.3 Å². The van der Waals surface area contributed by atoms with Gasteiger partial charge in [-0.1, -0.05) is 17.3 Å². The molecule has 3 unspecified atom stereocenters. The van der Waals surface area contributed by atoms with Crippen LogP contribution in [0, 0.1) is 13.8 Å². The van der Waals surface area contributed by atoms with Gasteiger partial charge in [0.15, 0.2) is 0 Å². The van der Waals surface area contributed by atoms with E-state index in [1.807, 2.05) is 38.5 Å². The zero-order valence-corrected chi connectivity index (χ0v) is 16.7. The topological polar surface area (TPSA) is 77.5 Å². The Morgan fingerprint density at radius 1 is 1.24 bits per heavy atom. The van der Waals surface area contributed by atoms with Crippen molar-refractivity contribution in [2.45, 2.75) is 38.4 Å². The van der Waals surface area contributed by atoms with E-state index in [9.17, 15) is 0 Å². The molecule has 1 N–H and O–H groups in total. The summed E-state index contributed by atoms with van der Waals surface area (Å²) in [4.78, 5) is 4.79. The molecule has 2 aromatic rings. The number of nitrogens with one attached hydrogen (secondary N) is 1. The number of ether oxygens (including phenoxy) is 1. The third-order valence-electron chi connectivity index (χ3n) is 5.67. The van der Waals surface area contributed by atoms with E-state index in [0.717, 1.165) is 40.5 Å². The van der Waals surface area contributed by atoms with E-state index >= 15 is 0 Å². The van der Waals surface area contributed by atoms with Gasteiger partial charge in [-0.2, -0.15) is 5.10 Å². The minimum Gasteiger partial charge on any atom is -0.496 e. The molecule has 2 aromatic heterocycles. The van der Waals surface area contributed by atoms with E-state index in [2.05, 4.69) is 44.6 Å². The third kappa shape index (κ3) is 2.93. The molecule has 1 aliphatic carbocycles. The fraction of sp³-hybridized carbons (Fsp3) is 0.318. The van der Waals surface area contributed by atoms with E-state index in [0.29, 0.717) is 0 Å². The first-order valence-electron chi connectivity index (χ1n) is 9.75. The number of nitrogens with zero attached hydrogens (tertiary/aromatic N) is 4. The molecule has 3 aliphatic rings. The van der Waals surface area contributed by atoms with E-state index in [1.165, 1.54) is 5.69 Å². The first-order valence-corrected chi connectivity index (χ1v) is 9.75. The predicted molar refractivity (Wildman–Crippen MR) is 111 cm³/mol. The number of aliphatic imine (C=N–C) groups is 1. The summed E-state index contributed by atoms with van der Waals surface area (Å²) >= 11 is 0. The molecule has 0 fully saturated rings. The first kappa shape index (κ1) is 17.7. The van der Waals surface area contributed by atoms with Gasteiger partial charge in [0.2, 0.25) is 0 Å². The quantitative estimate of drug-likeness (QED) is 0.870. The summed E-state index contributed by atoms with van der Waals surface area (Å²) in [6.07, 6.45) is 16.3. The average molecular weight is 389 g/mol. The van der Waals surface area contributed by atoms with Gasteiger partial charge < -0.3 is 14.6 Å². The Balaban J connectivity index is 1.53. The Morgan fingerprint density at radius 2 is 2.14 bits per heavy atom. The zero-order valence-electron chi connectivity index (χ0n) is 16.7. The summed E-state index contributed by atoms with van der Waals surface area (Å²) in [6.45, 7) is 4.62. The Labute approximate surface area is 169 Å². The summed E-state index contributed by atoms with van der Waals surface area (Å²) in [7, 11) is 1.70. The van der Waals surface area contributed by atoms with Crippen LogP contribution in [0.5, 0.6) is 0 Å². The maximum Gasteiger partial charge on any atom is 0.141 e. The molecule has 0 aromatic carbocycles. The lowest BCUT2D eigenvalue weighted by Crippen LogP contribution is -2.32. The van der Waals surface area contributed by atoms with Crippen molar-refractivity contribution in [3.63, 3.8) is 0 Å². The zero-order chi connectivity index (χ0) is 20.0. The molecule has 0 amide bonds. The smallest absolute Gasteiger partial charge is 0.141 e. The molecule has 0 spiro atoms. The number of allylic oxidation sites excluding steroid dienone is 3. The number of hydrogen-bond donors (Lipinski definition) is 1. The van der Waals surface area contributed by atoms with Crippen LogP contribution in [0.1, 0.15) is 34.2 Å². The fourth-order valence-electron chi connectivity index (χ4n) is 4.31. The highest BCUT2D eigenvalue weighted by atomic mass is 16.5. The molecule has 29 heavy (non-hydrogen) atoms. The van der Waals surface area contributed by atoms with Crippen molar-refractivity contribution in [2.75, 3.05) is 7.11 Å². The number of aryl methyl sites for hydroxylation is 2. The van der Waals surface area contributed by atoms with Gasteiger partial charge in [-0.15, -0.1) is 0 Å². The number of rotatable bonds is 4. The third-order valence-corrected chi connectivity index (χ3v) is 5.67. The minimum atomic E-state index is -0.0182. The van der Waals surface area contributed by atoms with Crippen LogP contribution in [-0.4, -0.2) is 40.3 Å². The van der Waals surface area contributed by atoms with E-state index in [4.69, 9.17) is 14.3 Å². The first-order chi connectivity index (χ1) is 14.2. The molecule has 0 saturated carbocycles. The number of dihydropyridines is 1. The lowest BCUT2D eigenvalue weighted by molar-refractivity contribution is 0.305. The second-order valence-electron chi connectivity index (χ2n) is 7.49. The summed E-state index contributed by atoms with van der Waals surface area (Å²) in [6, 6.07) is 0.194. The maximum atomic E-state index is 5.78. The van der Waals surface area contributed by atoms with E-state index in [-0.39, 0.29) is 18.0 Å². The van der Waals surface area contributed by atoms with Crippen LogP contribution in [0.15, 0.2) is 58.1 Å². The van der Waals surface area contributed by atoms with Gasteiger partial charge in [0.25, 0.3) is 0 Å². The highest BCUT2D eigenvalue weighted by molar-refractivity contribution is 5.86. The lowest BCUT2D eigenvalue weighted by atomic mass is 9.83. The SMILES string of the molecule is COC1=CC2c3c(cnn3CC3C=CC=CN3)C=NC2C=C1c1c(C)noc1C. The normalized spacial score (nSPS) is 24.4. The van der Waals surface area contributed by atoms with Gasteiger partial charge in [0.1, 0.15) is 11.5 Å². The molecule has 3 atom stereocenters. The Kier molecular flexibility index (Phi) is 4.23. The van der Waals surface area contributed by atoms with Crippen LogP contribution in [0.25, 0.3) is 5.57 Å². The molecule has 0 bridgehead atoms. The molecular formula is C22H23N5O2. The molecule has 7 nitrogen and oxygen atoms in total. The molecule has 4 heterocycles. The van der Waals surface area contributed by atoms with Crippen molar-refractivity contribution in [3.05, 3.63) is 76.8 Å². The largest absolute Gasteiger partial charge is 0.496 e. The summed E-state index contributed by atoms with van der Waals surface area (Å²) in [5.74, 6) is 1.67. The van der Waals surface area contributed by atoms with Crippen molar-refractivity contribution in [2.24, 2.45) is 4.99 Å². The van der Waals surface area contributed by atoms with Gasteiger partial charge in [-0.3, -0.25) is 9.67 Å². The second kappa shape index (κ2) is 6.92. The fourth-order valence-corrected chi connectivity index (χ4v) is 4.31. The highest BCUT2D eigenvalue weighted by Crippen LogP contribution is 2.41. The molecular weight excluding hydrogens is 366 g/mol. The molecule has 0 saturated heterocycles. The van der Waals surface area contributed by atoms with Gasteiger partial charge in [-0.25, -0.2) is 0 Å². The van der Waals surface area contributed by atoms with Crippen molar-refractivity contribution in [1.29, 1.82) is 0 Å². The molecule has 7 heteroatoms. The van der Waals surface area contributed by atoms with Gasteiger partial charge in [-0.05, 0) is 38.3 Å². The maximum absolute atomic E-state index is 5.78. The molecule has 2 aliphatic heterocycles. The Morgan fingerprint density at radius 3 is 2.86 bits per heavy atom. The molecule has 0 radical (unpaired) electrons. The van der Waals surface area contributed by atoms with Gasteiger partial charge in [0, 0.05) is 23.3 Å². The summed E-state index contributed by atoms with van der Waals surface area (Å²) in [5, 5.41) is 12.1. The van der Waals surface area contributed by atoms with Crippen LogP contribution < -0.4 is 5.32 Å². The summed E-state index contributed by atoms with van der Waals surface area (Å²) < 4.78 is 13.2. The monoisotopic (exact) mass is 389 g/mol. The summed E-state index contributed by atoms with van der Waals surface area (Å²) in [5.41, 5.74) is 5.04. The van der Waals surface area contributed by atoms with Crippen molar-refractivity contribution in [1.82, 2.24) is 20.3 Å². The standard InChI is InChI=1S/C22H23N5O2/c1-13-21(14(2)29-26-13)18-8-19-17(9-20(18)28-3)22-15(10-24-19)11-25-27(22)12-16-6-4-5-7-23-16/h4-11,16-17,19,23H,12H2,1-3H3. The highest BCUT2D eigenvalue weighted by Gasteiger charge is 2.35. The average Bonchev–Trinajstić information content (AvgIpc) is 3.30. The van der Waals surface area contributed by atoms with Crippen molar-refractivity contribution >= 4 is 11.8 Å². The molecule has 148 valence electrons. The Hall–Kier alpha value is -3.35. The van der Waals surface area contributed by atoms with Gasteiger partial charge in [0.05, 0.1) is 48.9 Å².